The number of likely N-dealkylation sites (tertiary alicyclic amines) is 1. The number of halogens is 1. The summed E-state index contributed by atoms with van der Waals surface area (Å²) in [4.78, 5) is 18.9. The Bertz CT molecular complexity index is 1060. The highest BCUT2D eigenvalue weighted by Crippen LogP contribution is 2.33. The molecule has 1 aliphatic heterocycles. The highest BCUT2D eigenvalue weighted by atomic mass is 19.1. The predicted molar refractivity (Wildman–Crippen MR) is 121 cm³/mol. The van der Waals surface area contributed by atoms with Crippen LogP contribution in [-0.4, -0.2) is 28.9 Å². The first-order valence-corrected chi connectivity index (χ1v) is 10.9. The molecule has 0 unspecified atom stereocenters. The number of carbonyl (C=O) groups excluding carboxylic acids is 1. The van der Waals surface area contributed by atoms with E-state index in [1.807, 2.05) is 24.0 Å². The SMILES string of the molecule is CCc1ncccc1C(=O)N1CCC(c2cc(CN)ccc2F)CC1.c1cc2cc-2c1. The molecule has 3 aliphatic rings. The normalized spacial score (nSPS) is 14.6. The summed E-state index contributed by atoms with van der Waals surface area (Å²) >= 11 is 0. The summed E-state index contributed by atoms with van der Waals surface area (Å²) in [5.74, 6) is -0.0165. The maximum Gasteiger partial charge on any atom is 0.255 e. The monoisotopic (exact) mass is 417 g/mol. The Morgan fingerprint density at radius 1 is 1.10 bits per heavy atom. The average molecular weight is 418 g/mol. The minimum absolute atomic E-state index is 0.0274. The van der Waals surface area contributed by atoms with Crippen LogP contribution in [0.3, 0.4) is 0 Å². The molecule has 0 spiro atoms. The zero-order valence-corrected chi connectivity index (χ0v) is 17.9. The van der Waals surface area contributed by atoms with E-state index in [-0.39, 0.29) is 17.6 Å². The van der Waals surface area contributed by atoms with Crippen molar-refractivity contribution in [2.24, 2.45) is 5.73 Å². The lowest BCUT2D eigenvalue weighted by molar-refractivity contribution is 0.0710. The van der Waals surface area contributed by atoms with E-state index in [1.54, 1.807) is 18.3 Å². The van der Waals surface area contributed by atoms with Crippen molar-refractivity contribution in [1.29, 1.82) is 0 Å². The smallest absolute Gasteiger partial charge is 0.255 e. The third-order valence-corrected chi connectivity index (χ3v) is 6.09. The van der Waals surface area contributed by atoms with Crippen LogP contribution in [0.5, 0.6) is 0 Å². The van der Waals surface area contributed by atoms with Crippen LogP contribution in [0.2, 0.25) is 0 Å². The van der Waals surface area contributed by atoms with E-state index in [1.165, 1.54) is 17.2 Å². The molecular formula is C26H28FN3O. The number of piperidine rings is 1. The molecular weight excluding hydrogens is 389 g/mol. The Morgan fingerprint density at radius 2 is 1.84 bits per heavy atom. The second-order valence-corrected chi connectivity index (χ2v) is 8.06. The molecule has 0 atom stereocenters. The van der Waals surface area contributed by atoms with Gasteiger partial charge in [0.15, 0.2) is 0 Å². The average Bonchev–Trinajstić information content (AvgIpc) is 3.43. The molecule has 4 nitrogen and oxygen atoms in total. The van der Waals surface area contributed by atoms with E-state index in [0.29, 0.717) is 25.2 Å². The fourth-order valence-corrected chi connectivity index (χ4v) is 4.19. The van der Waals surface area contributed by atoms with Gasteiger partial charge in [0.05, 0.1) is 11.3 Å². The Labute approximate surface area is 182 Å². The zero-order chi connectivity index (χ0) is 21.8. The maximum atomic E-state index is 14.2. The maximum absolute atomic E-state index is 14.2. The van der Waals surface area contributed by atoms with E-state index in [4.69, 9.17) is 5.73 Å². The number of hydrogen-bond acceptors (Lipinski definition) is 3. The molecule has 5 rings (SSSR count). The largest absolute Gasteiger partial charge is 0.339 e. The minimum atomic E-state index is -0.178. The molecule has 1 aromatic heterocycles. The summed E-state index contributed by atoms with van der Waals surface area (Å²) in [6.45, 7) is 3.67. The van der Waals surface area contributed by atoms with Gasteiger partial charge in [-0.15, -0.1) is 0 Å². The van der Waals surface area contributed by atoms with Gasteiger partial charge in [0.1, 0.15) is 5.82 Å². The number of benzene rings is 2. The van der Waals surface area contributed by atoms with E-state index < -0.39 is 0 Å². The molecule has 160 valence electrons. The van der Waals surface area contributed by atoms with Gasteiger partial charge in [0, 0.05) is 25.8 Å². The number of aromatic nitrogens is 1. The predicted octanol–water partition coefficient (Wildman–Crippen LogP) is 4.93. The quantitative estimate of drug-likeness (QED) is 0.512. The van der Waals surface area contributed by atoms with Crippen LogP contribution >= 0.6 is 0 Å². The summed E-state index contributed by atoms with van der Waals surface area (Å²) in [7, 11) is 0. The highest BCUT2D eigenvalue weighted by Gasteiger charge is 2.27. The fourth-order valence-electron chi connectivity index (χ4n) is 4.19. The standard InChI is InChI=1S/C20H24FN3O.C6H4/c1-2-19-16(4-3-9-23-19)20(25)24-10-7-15(8-11-24)17-12-14(13-22)5-6-18(17)21;1-2-5-4-6(5)3-1/h3-6,9,12,15H,2,7-8,10-11,13,22H2,1H3;1-4H. The summed E-state index contributed by atoms with van der Waals surface area (Å²) < 4.78 is 14.2. The molecule has 0 bridgehead atoms. The fraction of sp³-hybridized carbons (Fsp3) is 0.308. The molecule has 1 amide bonds. The van der Waals surface area contributed by atoms with Gasteiger partial charge in [-0.3, -0.25) is 9.78 Å². The van der Waals surface area contributed by atoms with Crippen LogP contribution in [0.1, 0.15) is 52.9 Å². The van der Waals surface area contributed by atoms with Crippen molar-refractivity contribution in [1.82, 2.24) is 9.88 Å². The van der Waals surface area contributed by atoms with Crippen LogP contribution in [0.15, 0.2) is 60.8 Å². The van der Waals surface area contributed by atoms with Crippen molar-refractivity contribution in [3.63, 3.8) is 0 Å². The van der Waals surface area contributed by atoms with Crippen LogP contribution in [0.25, 0.3) is 11.1 Å². The summed E-state index contributed by atoms with van der Waals surface area (Å²) in [5, 5.41) is 0. The number of carbonyl (C=O) groups is 1. The molecule has 2 aromatic rings. The lowest BCUT2D eigenvalue weighted by Crippen LogP contribution is -2.38. The molecule has 31 heavy (non-hydrogen) atoms. The van der Waals surface area contributed by atoms with E-state index >= 15 is 0 Å². The molecule has 1 saturated heterocycles. The van der Waals surface area contributed by atoms with E-state index in [0.717, 1.165) is 36.1 Å². The van der Waals surface area contributed by atoms with Crippen molar-refractivity contribution in [3.05, 3.63) is 89.0 Å². The topological polar surface area (TPSA) is 59.2 Å². The molecule has 0 saturated carbocycles. The lowest BCUT2D eigenvalue weighted by atomic mass is 9.88. The number of nitrogens with zero attached hydrogens (tertiary/aromatic N) is 2. The van der Waals surface area contributed by atoms with Gasteiger partial charge in [-0.2, -0.15) is 0 Å². The molecule has 2 N–H and O–H groups in total. The molecule has 1 aromatic carbocycles. The van der Waals surface area contributed by atoms with Crippen LogP contribution in [0.4, 0.5) is 4.39 Å². The van der Waals surface area contributed by atoms with Crippen LogP contribution < -0.4 is 5.73 Å². The summed E-state index contributed by atoms with van der Waals surface area (Å²) in [5.41, 5.74) is 11.7. The second-order valence-electron chi connectivity index (χ2n) is 8.06. The third kappa shape index (κ3) is 4.83. The van der Waals surface area contributed by atoms with Crippen molar-refractivity contribution in [2.75, 3.05) is 13.1 Å². The highest BCUT2D eigenvalue weighted by molar-refractivity contribution is 5.95. The van der Waals surface area contributed by atoms with Crippen molar-refractivity contribution < 1.29 is 9.18 Å². The Kier molecular flexibility index (Phi) is 6.42. The van der Waals surface area contributed by atoms with E-state index in [9.17, 15) is 9.18 Å². The number of hydrogen-bond donors (Lipinski definition) is 1. The summed E-state index contributed by atoms with van der Waals surface area (Å²) in [6, 6.07) is 17.2. The summed E-state index contributed by atoms with van der Waals surface area (Å²) in [6.07, 6.45) is 3.97. The second kappa shape index (κ2) is 9.40. The Hall–Kier alpha value is -3.05. The first kappa shape index (κ1) is 21.2. The number of rotatable bonds is 4. The first-order valence-electron chi connectivity index (χ1n) is 10.9. The number of nitrogens with two attached hydrogens (primary N) is 1. The van der Waals surface area contributed by atoms with Gasteiger partial charge in [0.2, 0.25) is 0 Å². The molecule has 1 fully saturated rings. The van der Waals surface area contributed by atoms with Gasteiger partial charge in [0.25, 0.3) is 5.91 Å². The van der Waals surface area contributed by atoms with Gasteiger partial charge in [-0.1, -0.05) is 37.3 Å². The Balaban J connectivity index is 0.000000325. The first-order chi connectivity index (χ1) is 15.1. The van der Waals surface area contributed by atoms with Gasteiger partial charge >= 0.3 is 0 Å². The van der Waals surface area contributed by atoms with Crippen LogP contribution in [0, 0.1) is 5.82 Å². The number of fused-ring (bicyclic) bond motifs is 1. The Morgan fingerprint density at radius 3 is 2.42 bits per heavy atom. The third-order valence-electron chi connectivity index (χ3n) is 6.09. The van der Waals surface area contributed by atoms with E-state index in [2.05, 4.69) is 29.2 Å². The lowest BCUT2D eigenvalue weighted by Gasteiger charge is -2.33. The minimum Gasteiger partial charge on any atom is -0.339 e. The van der Waals surface area contributed by atoms with Crippen molar-refractivity contribution >= 4 is 5.91 Å². The van der Waals surface area contributed by atoms with Crippen molar-refractivity contribution in [2.45, 2.75) is 38.6 Å². The van der Waals surface area contributed by atoms with Crippen LogP contribution in [-0.2, 0) is 13.0 Å². The molecule has 2 aliphatic carbocycles. The number of amides is 1. The number of aryl methyl sites for hydroxylation is 1. The molecule has 5 heteroatoms. The molecule has 2 heterocycles. The molecule has 0 radical (unpaired) electrons. The van der Waals surface area contributed by atoms with Gasteiger partial charge in [-0.25, -0.2) is 4.39 Å². The van der Waals surface area contributed by atoms with Gasteiger partial charge in [-0.05, 0) is 71.7 Å². The van der Waals surface area contributed by atoms with Crippen molar-refractivity contribution in [3.8, 4) is 11.1 Å². The number of pyridine rings is 1. The zero-order valence-electron chi connectivity index (χ0n) is 17.9. The van der Waals surface area contributed by atoms with Gasteiger partial charge < -0.3 is 10.6 Å².